The van der Waals surface area contributed by atoms with E-state index in [1.54, 1.807) is 0 Å². The first-order valence-corrected chi connectivity index (χ1v) is 20.6. The fourth-order valence-electron chi connectivity index (χ4n) is 6.93. The van der Waals surface area contributed by atoms with Gasteiger partial charge in [-0.1, -0.05) is 30.3 Å². The molecule has 15 N–H and O–H groups in total. The van der Waals surface area contributed by atoms with Crippen molar-refractivity contribution in [3.05, 3.63) is 35.9 Å². The van der Waals surface area contributed by atoms with Crippen molar-refractivity contribution in [3.8, 4) is 0 Å². The number of amides is 10. The number of carbonyl (C=O) groups is 11. The minimum atomic E-state index is -1.40. The topological polar surface area (TPSA) is 395 Å². The summed E-state index contributed by atoms with van der Waals surface area (Å²) in [6.07, 6.45) is 2.10. The molecule has 2 fully saturated rings. The molecule has 0 unspecified atom stereocenters. The molecule has 2 saturated heterocycles. The van der Waals surface area contributed by atoms with E-state index in [4.69, 9.17) is 22.9 Å². The molecule has 0 radical (unpaired) electrons. The van der Waals surface area contributed by atoms with Gasteiger partial charge < -0.3 is 74.7 Å². The fraction of sp³-hybridized carbons (Fsp3) is 0.538. The average molecular weight is 899 g/mol. The molecule has 0 bridgehead atoms. The van der Waals surface area contributed by atoms with Gasteiger partial charge in [0.05, 0.1) is 45.2 Å². The zero-order valence-corrected chi connectivity index (χ0v) is 35.3. The molecular weight excluding hydrogens is 841 g/mol. The van der Waals surface area contributed by atoms with Crippen LogP contribution in [0.5, 0.6) is 0 Å². The third kappa shape index (κ3) is 17.3. The van der Waals surface area contributed by atoms with Gasteiger partial charge in [0.25, 0.3) is 0 Å². The fourth-order valence-corrected chi connectivity index (χ4v) is 6.93. The van der Waals surface area contributed by atoms with Crippen molar-refractivity contribution in [2.24, 2.45) is 27.9 Å². The second kappa shape index (κ2) is 26.3. The van der Waals surface area contributed by atoms with Crippen molar-refractivity contribution in [2.75, 3.05) is 52.4 Å². The lowest BCUT2D eigenvalue weighted by molar-refractivity contribution is -0.143. The zero-order chi connectivity index (χ0) is 47.2. The molecule has 2 aliphatic heterocycles. The number of rotatable bonds is 25. The van der Waals surface area contributed by atoms with Crippen molar-refractivity contribution in [3.63, 3.8) is 0 Å². The predicted octanol–water partition coefficient (Wildman–Crippen LogP) is -6.78. The van der Waals surface area contributed by atoms with Gasteiger partial charge in [-0.2, -0.15) is 0 Å². The Balaban J connectivity index is 1.49. The van der Waals surface area contributed by atoms with E-state index >= 15 is 0 Å². The maximum atomic E-state index is 14.0. The predicted molar refractivity (Wildman–Crippen MR) is 226 cm³/mol. The molecule has 0 aromatic heterocycles. The first-order chi connectivity index (χ1) is 30.5. The van der Waals surface area contributed by atoms with Crippen LogP contribution in [0.3, 0.4) is 0 Å². The number of nitrogens with one attached hydrogen (secondary N) is 7. The summed E-state index contributed by atoms with van der Waals surface area (Å²) in [6.45, 7) is -2.13. The second-order valence-electron chi connectivity index (χ2n) is 14.9. The van der Waals surface area contributed by atoms with Crippen LogP contribution in [0.2, 0.25) is 0 Å². The lowest BCUT2D eigenvalue weighted by atomic mass is 10.0. The van der Waals surface area contributed by atoms with E-state index in [1.807, 2.05) is 30.3 Å². The molecule has 3 rings (SSSR count). The minimum Gasteiger partial charge on any atom is -0.370 e. The Morgan fingerprint density at radius 2 is 1.23 bits per heavy atom. The Morgan fingerprint density at radius 1 is 0.688 bits per heavy atom. The van der Waals surface area contributed by atoms with E-state index in [-0.39, 0.29) is 51.3 Å². The largest absolute Gasteiger partial charge is 0.370 e. The smallest absolute Gasteiger partial charge is 0.245 e. The Bertz CT molecular complexity index is 1900. The lowest BCUT2D eigenvalue weighted by Crippen LogP contribution is -2.57. The van der Waals surface area contributed by atoms with Crippen molar-refractivity contribution < 1.29 is 52.7 Å². The number of hydrogen-bond donors (Lipinski definition) is 11. The van der Waals surface area contributed by atoms with Crippen LogP contribution in [0, 0.1) is 0 Å². The number of hydrogen-bond acceptors (Lipinski definition) is 13. The highest BCUT2D eigenvalue weighted by Crippen LogP contribution is 2.22. The van der Waals surface area contributed by atoms with E-state index in [9.17, 15) is 52.7 Å². The van der Waals surface area contributed by atoms with Gasteiger partial charge in [0.15, 0.2) is 5.96 Å². The molecule has 350 valence electrons. The monoisotopic (exact) mass is 898 g/mol. The molecule has 2 aliphatic rings. The van der Waals surface area contributed by atoms with Crippen LogP contribution in [0.25, 0.3) is 0 Å². The molecule has 0 saturated carbocycles. The van der Waals surface area contributed by atoms with Crippen molar-refractivity contribution in [2.45, 2.75) is 81.6 Å². The molecule has 64 heavy (non-hydrogen) atoms. The first-order valence-electron chi connectivity index (χ1n) is 20.6. The van der Waals surface area contributed by atoms with E-state index < -0.39 is 122 Å². The van der Waals surface area contributed by atoms with Gasteiger partial charge in [-0.3, -0.25) is 52.9 Å². The summed E-state index contributed by atoms with van der Waals surface area (Å²) in [4.78, 5) is 144. The Labute approximate surface area is 368 Å². The quantitative estimate of drug-likeness (QED) is 0.0188. The van der Waals surface area contributed by atoms with Gasteiger partial charge >= 0.3 is 0 Å². The molecule has 1 aromatic rings. The average Bonchev–Trinajstić information content (AvgIpc) is 3.97. The maximum absolute atomic E-state index is 14.0. The Kier molecular flexibility index (Phi) is 21.1. The number of nitrogens with zero attached hydrogens (tertiary/aromatic N) is 3. The molecular formula is C39H58N14O11. The SMILES string of the molecule is NC(=O)C[C@H](NC(=O)CNC(=O)CNC(=O)CNC(=O)CNC(=O)[C@@H]1CCCN1C(=O)[C@H](CCCN=C(N)N)NC(=O)[C@@H]1CCCN1C(=O)[C@H](N)Cc1ccccc1)C(=O)NCC=O. The normalized spacial score (nSPS) is 16.8. The van der Waals surface area contributed by atoms with E-state index in [1.165, 1.54) is 9.80 Å². The van der Waals surface area contributed by atoms with Crippen LogP contribution in [0.15, 0.2) is 35.3 Å². The molecule has 10 amide bonds. The van der Waals surface area contributed by atoms with Gasteiger partial charge in [0.1, 0.15) is 30.5 Å². The summed E-state index contributed by atoms with van der Waals surface area (Å²) in [5.41, 5.74) is 23.1. The van der Waals surface area contributed by atoms with Crippen molar-refractivity contribution >= 4 is 71.3 Å². The zero-order valence-electron chi connectivity index (χ0n) is 35.3. The summed E-state index contributed by atoms with van der Waals surface area (Å²) in [6, 6.07) is 3.97. The van der Waals surface area contributed by atoms with Gasteiger partial charge in [0, 0.05) is 19.6 Å². The third-order valence-corrected chi connectivity index (χ3v) is 10.0. The summed E-state index contributed by atoms with van der Waals surface area (Å²) in [5, 5.41) is 16.3. The molecule has 2 heterocycles. The number of carbonyl (C=O) groups excluding carboxylic acids is 11. The van der Waals surface area contributed by atoms with Crippen LogP contribution in [-0.4, -0.2) is 164 Å². The highest BCUT2D eigenvalue weighted by atomic mass is 16.2. The van der Waals surface area contributed by atoms with E-state index in [2.05, 4.69) is 42.2 Å². The number of nitrogens with two attached hydrogens (primary N) is 4. The van der Waals surface area contributed by atoms with E-state index in [0.717, 1.165) is 5.56 Å². The van der Waals surface area contributed by atoms with Crippen LogP contribution >= 0.6 is 0 Å². The Morgan fingerprint density at radius 3 is 1.80 bits per heavy atom. The summed E-state index contributed by atoms with van der Waals surface area (Å²) < 4.78 is 0. The summed E-state index contributed by atoms with van der Waals surface area (Å²) in [5.74, 6) is -7.32. The third-order valence-electron chi connectivity index (χ3n) is 10.0. The number of benzene rings is 1. The standard InChI is InChI=1S/C39H58N14O11/c40-24(17-23-7-2-1-3-8-23)37(63)52-14-6-11-28(52)36(62)51-25(9-4-12-45-39(42)43)38(64)53-15-5-10-27(53)35(61)49-21-32(58)47-19-30(56)46-20-31(57)48-22-33(59)50-26(18-29(41)55)34(60)44-13-16-54/h1-3,7-8,16,24-28H,4-6,9-15,17-22,40H2,(H2,41,55)(H,44,60)(H,46,56)(H,47,58)(H,48,57)(H,49,61)(H,50,59)(H,51,62)(H4,42,43,45)/t24-,25+,26+,27+,28+/m1/s1. The second-order valence-corrected chi connectivity index (χ2v) is 14.9. The Hall–Kier alpha value is -7.18. The number of guanidine groups is 1. The molecule has 0 spiro atoms. The highest BCUT2D eigenvalue weighted by molar-refractivity contribution is 5.97. The maximum Gasteiger partial charge on any atom is 0.245 e. The number of aliphatic imine (C=N–C) groups is 1. The molecule has 25 heteroatoms. The molecule has 5 atom stereocenters. The molecule has 25 nitrogen and oxygen atoms in total. The first kappa shape index (κ1) is 51.2. The summed E-state index contributed by atoms with van der Waals surface area (Å²) in [7, 11) is 0. The molecule has 0 aliphatic carbocycles. The van der Waals surface area contributed by atoms with Crippen LogP contribution in [0.1, 0.15) is 50.5 Å². The van der Waals surface area contributed by atoms with Gasteiger partial charge in [0.2, 0.25) is 59.1 Å². The van der Waals surface area contributed by atoms with Gasteiger partial charge in [-0.25, -0.2) is 0 Å². The highest BCUT2D eigenvalue weighted by Gasteiger charge is 2.41. The van der Waals surface area contributed by atoms with Gasteiger partial charge in [-0.05, 0) is 50.5 Å². The van der Waals surface area contributed by atoms with Crippen molar-refractivity contribution in [1.29, 1.82) is 0 Å². The number of aldehydes is 1. The summed E-state index contributed by atoms with van der Waals surface area (Å²) >= 11 is 0. The van der Waals surface area contributed by atoms with Gasteiger partial charge in [-0.15, -0.1) is 0 Å². The number of primary amides is 1. The number of likely N-dealkylation sites (tertiary alicyclic amines) is 2. The van der Waals surface area contributed by atoms with Crippen LogP contribution in [-0.2, 0) is 59.2 Å². The van der Waals surface area contributed by atoms with Crippen LogP contribution in [0.4, 0.5) is 0 Å². The lowest BCUT2D eigenvalue weighted by Gasteiger charge is -2.31. The van der Waals surface area contributed by atoms with Crippen molar-refractivity contribution in [1.82, 2.24) is 47.0 Å². The van der Waals surface area contributed by atoms with Crippen LogP contribution < -0.4 is 60.2 Å². The molecule has 1 aromatic carbocycles. The minimum absolute atomic E-state index is 0.102. The van der Waals surface area contributed by atoms with E-state index in [0.29, 0.717) is 32.1 Å².